The Hall–Kier alpha value is -3.12. The van der Waals surface area contributed by atoms with E-state index in [9.17, 15) is 0 Å². The fourth-order valence-corrected chi connectivity index (χ4v) is 3.91. The zero-order valence-electron chi connectivity index (χ0n) is 16.4. The number of aromatic nitrogens is 4. The van der Waals surface area contributed by atoms with E-state index in [1.807, 2.05) is 61.7 Å². The molecule has 0 spiro atoms. The van der Waals surface area contributed by atoms with Crippen LogP contribution >= 0.6 is 11.8 Å². The van der Waals surface area contributed by atoms with E-state index in [4.69, 9.17) is 4.74 Å². The van der Waals surface area contributed by atoms with Crippen molar-refractivity contribution in [1.82, 2.24) is 19.7 Å². The topological polar surface area (TPSA) is 52.8 Å². The zero-order valence-corrected chi connectivity index (χ0v) is 17.3. The van der Waals surface area contributed by atoms with Crippen LogP contribution in [0.1, 0.15) is 18.2 Å². The fourth-order valence-electron chi connectivity index (χ4n) is 3.05. The van der Waals surface area contributed by atoms with Gasteiger partial charge < -0.3 is 4.74 Å². The molecule has 0 amide bonds. The summed E-state index contributed by atoms with van der Waals surface area (Å²) in [7, 11) is 0. The van der Waals surface area contributed by atoms with Gasteiger partial charge in [-0.15, -0.1) is 10.2 Å². The van der Waals surface area contributed by atoms with Crippen LogP contribution in [0.5, 0.6) is 5.75 Å². The van der Waals surface area contributed by atoms with Crippen molar-refractivity contribution < 1.29 is 4.74 Å². The first-order chi connectivity index (χ1) is 14.2. The van der Waals surface area contributed by atoms with E-state index in [0.717, 1.165) is 39.4 Å². The van der Waals surface area contributed by atoms with Crippen molar-refractivity contribution in [3.8, 4) is 22.8 Å². The highest BCUT2D eigenvalue weighted by molar-refractivity contribution is 7.98. The molecule has 4 rings (SSSR count). The summed E-state index contributed by atoms with van der Waals surface area (Å²) in [6.45, 7) is 4.71. The molecule has 0 N–H and O–H groups in total. The molecule has 146 valence electrons. The van der Waals surface area contributed by atoms with Gasteiger partial charge in [-0.25, -0.2) is 0 Å². The van der Waals surface area contributed by atoms with Gasteiger partial charge in [-0.2, -0.15) is 0 Å². The number of hydrogen-bond acceptors (Lipinski definition) is 5. The third-order valence-corrected chi connectivity index (χ3v) is 5.35. The van der Waals surface area contributed by atoms with Crippen molar-refractivity contribution in [2.45, 2.75) is 24.8 Å². The second-order valence-electron chi connectivity index (χ2n) is 6.55. The molecule has 0 aliphatic carbocycles. The lowest BCUT2D eigenvalue weighted by Gasteiger charge is -2.12. The highest BCUT2D eigenvalue weighted by atomic mass is 32.2. The highest BCUT2D eigenvalue weighted by Gasteiger charge is 2.16. The van der Waals surface area contributed by atoms with Gasteiger partial charge >= 0.3 is 0 Å². The lowest BCUT2D eigenvalue weighted by Crippen LogP contribution is -2.01. The Bertz CT molecular complexity index is 1080. The molecule has 6 heteroatoms. The summed E-state index contributed by atoms with van der Waals surface area (Å²) in [5.74, 6) is 2.40. The van der Waals surface area contributed by atoms with E-state index in [0.29, 0.717) is 6.61 Å². The van der Waals surface area contributed by atoms with Crippen LogP contribution < -0.4 is 4.74 Å². The first-order valence-corrected chi connectivity index (χ1v) is 10.5. The maximum atomic E-state index is 5.59. The van der Waals surface area contributed by atoms with Gasteiger partial charge in [-0.1, -0.05) is 41.6 Å². The lowest BCUT2D eigenvalue weighted by atomic mass is 10.1. The number of rotatable bonds is 7. The van der Waals surface area contributed by atoms with Gasteiger partial charge in [-0.05, 0) is 56.3 Å². The van der Waals surface area contributed by atoms with Crippen LogP contribution in [0.15, 0.2) is 78.1 Å². The molecule has 2 heterocycles. The number of nitrogens with zero attached hydrogens (tertiary/aromatic N) is 4. The molecule has 0 atom stereocenters. The first-order valence-electron chi connectivity index (χ1n) is 9.53. The molecule has 0 saturated carbocycles. The Labute approximate surface area is 174 Å². The summed E-state index contributed by atoms with van der Waals surface area (Å²) < 4.78 is 7.69. The number of aryl methyl sites for hydroxylation is 1. The SMILES string of the molecule is CCOc1ccc(-n2c(SCc3ccccn3)nnc2-c2cccc(C)c2)cc1. The minimum atomic E-state index is 0.645. The Balaban J connectivity index is 1.73. The molecule has 0 fully saturated rings. The molecular formula is C23H22N4OS. The van der Waals surface area contributed by atoms with Gasteiger partial charge in [0.2, 0.25) is 0 Å². The van der Waals surface area contributed by atoms with E-state index < -0.39 is 0 Å². The van der Waals surface area contributed by atoms with Crippen molar-refractivity contribution in [1.29, 1.82) is 0 Å². The van der Waals surface area contributed by atoms with Crippen LogP contribution in [-0.4, -0.2) is 26.4 Å². The first kappa shape index (κ1) is 19.2. The van der Waals surface area contributed by atoms with Crippen LogP contribution in [-0.2, 0) is 5.75 Å². The molecule has 0 aliphatic heterocycles. The summed E-state index contributed by atoms with van der Waals surface area (Å²) in [5.41, 5.74) is 4.23. The van der Waals surface area contributed by atoms with E-state index in [2.05, 4.69) is 44.9 Å². The maximum Gasteiger partial charge on any atom is 0.196 e. The third kappa shape index (κ3) is 4.49. The van der Waals surface area contributed by atoms with Gasteiger partial charge in [-0.3, -0.25) is 9.55 Å². The fraction of sp³-hybridized carbons (Fsp3) is 0.174. The van der Waals surface area contributed by atoms with Crippen molar-refractivity contribution >= 4 is 11.8 Å². The van der Waals surface area contributed by atoms with Gasteiger partial charge in [0.1, 0.15) is 5.75 Å². The average molecular weight is 403 g/mol. The summed E-state index contributed by atoms with van der Waals surface area (Å²) in [4.78, 5) is 4.41. The molecule has 29 heavy (non-hydrogen) atoms. The third-order valence-electron chi connectivity index (χ3n) is 4.39. The smallest absolute Gasteiger partial charge is 0.196 e. The molecule has 4 aromatic rings. The van der Waals surface area contributed by atoms with Gasteiger partial charge in [0.05, 0.1) is 12.3 Å². The van der Waals surface area contributed by atoms with Crippen molar-refractivity contribution in [3.63, 3.8) is 0 Å². The molecule has 2 aromatic carbocycles. The average Bonchev–Trinajstić information content (AvgIpc) is 3.18. The second kappa shape index (κ2) is 8.92. The number of ether oxygens (including phenoxy) is 1. The van der Waals surface area contributed by atoms with E-state index in [1.165, 1.54) is 5.56 Å². The Kier molecular flexibility index (Phi) is 5.91. The predicted molar refractivity (Wildman–Crippen MR) is 116 cm³/mol. The van der Waals surface area contributed by atoms with Crippen LogP contribution in [0, 0.1) is 6.92 Å². The summed E-state index contributed by atoms with van der Waals surface area (Å²) in [6.07, 6.45) is 1.81. The van der Waals surface area contributed by atoms with E-state index in [-0.39, 0.29) is 0 Å². The summed E-state index contributed by atoms with van der Waals surface area (Å²) in [5, 5.41) is 9.83. The summed E-state index contributed by atoms with van der Waals surface area (Å²) >= 11 is 1.62. The Morgan fingerprint density at radius 2 is 1.83 bits per heavy atom. The molecule has 0 saturated heterocycles. The zero-order chi connectivity index (χ0) is 20.1. The van der Waals surface area contributed by atoms with E-state index >= 15 is 0 Å². The molecule has 0 unspecified atom stereocenters. The summed E-state index contributed by atoms with van der Waals surface area (Å²) in [6, 6.07) is 22.3. The molecule has 2 aromatic heterocycles. The van der Waals surface area contributed by atoms with Crippen molar-refractivity contribution in [2.24, 2.45) is 0 Å². The number of thioether (sulfide) groups is 1. The van der Waals surface area contributed by atoms with E-state index in [1.54, 1.807) is 11.8 Å². The molecular weight excluding hydrogens is 380 g/mol. The molecule has 5 nitrogen and oxygen atoms in total. The second-order valence-corrected chi connectivity index (χ2v) is 7.49. The lowest BCUT2D eigenvalue weighted by molar-refractivity contribution is 0.340. The molecule has 0 bridgehead atoms. The van der Waals surface area contributed by atoms with Gasteiger partial charge in [0.25, 0.3) is 0 Å². The van der Waals surface area contributed by atoms with Gasteiger partial charge in [0.15, 0.2) is 11.0 Å². The van der Waals surface area contributed by atoms with Crippen LogP contribution in [0.25, 0.3) is 17.1 Å². The largest absolute Gasteiger partial charge is 0.494 e. The van der Waals surface area contributed by atoms with Gasteiger partial charge in [0, 0.05) is 23.2 Å². The van der Waals surface area contributed by atoms with Crippen LogP contribution in [0.4, 0.5) is 0 Å². The Morgan fingerprint density at radius 1 is 0.966 bits per heavy atom. The quantitative estimate of drug-likeness (QED) is 0.391. The molecule has 0 radical (unpaired) electrons. The minimum absolute atomic E-state index is 0.645. The van der Waals surface area contributed by atoms with Crippen LogP contribution in [0.3, 0.4) is 0 Å². The maximum absolute atomic E-state index is 5.59. The highest BCUT2D eigenvalue weighted by Crippen LogP contribution is 2.30. The predicted octanol–water partition coefficient (Wildman–Crippen LogP) is 5.33. The number of benzene rings is 2. The van der Waals surface area contributed by atoms with Crippen molar-refractivity contribution in [3.05, 3.63) is 84.2 Å². The normalized spacial score (nSPS) is 10.8. The van der Waals surface area contributed by atoms with Crippen molar-refractivity contribution in [2.75, 3.05) is 6.61 Å². The Morgan fingerprint density at radius 3 is 2.55 bits per heavy atom. The molecule has 0 aliphatic rings. The standard InChI is InChI=1S/C23H22N4OS/c1-3-28-21-12-10-20(11-13-21)27-22(18-8-6-7-17(2)15-18)25-26-23(27)29-16-19-9-4-5-14-24-19/h4-15H,3,16H2,1-2H3. The number of pyridine rings is 1. The number of hydrogen-bond donors (Lipinski definition) is 0. The van der Waals surface area contributed by atoms with Crippen LogP contribution in [0.2, 0.25) is 0 Å². The monoisotopic (exact) mass is 402 g/mol. The minimum Gasteiger partial charge on any atom is -0.494 e.